The Morgan fingerprint density at radius 1 is 1.26 bits per heavy atom. The molecule has 0 radical (unpaired) electrons. The molecule has 1 amide bonds. The smallest absolute Gasteiger partial charge is 0.410 e. The van der Waals surface area contributed by atoms with Gasteiger partial charge >= 0.3 is 6.09 Å². The van der Waals surface area contributed by atoms with E-state index in [9.17, 15) is 9.59 Å². The number of likely N-dealkylation sites (tertiary alicyclic amines) is 1. The average Bonchev–Trinajstić information content (AvgIpc) is 3.13. The Hall–Kier alpha value is -1.88. The molecule has 1 aliphatic heterocycles. The first-order valence-electron chi connectivity index (χ1n) is 7.83. The predicted octanol–water partition coefficient (Wildman–Crippen LogP) is 4.34. The Bertz CT molecular complexity index is 744. The number of carbonyl (C=O) groups is 2. The number of thiophene rings is 1. The maximum absolute atomic E-state index is 12.8. The number of rotatable bonds is 2. The number of benzene rings is 1. The van der Waals surface area contributed by atoms with E-state index in [2.05, 4.69) is 0 Å². The molecule has 1 aromatic carbocycles. The zero-order valence-electron chi connectivity index (χ0n) is 13.7. The first-order valence-corrected chi connectivity index (χ1v) is 8.71. The number of fused-ring (bicyclic) bond motifs is 1. The Morgan fingerprint density at radius 3 is 2.78 bits per heavy atom. The summed E-state index contributed by atoms with van der Waals surface area (Å²) >= 11 is 1.59. The van der Waals surface area contributed by atoms with E-state index in [1.807, 2.05) is 50.4 Å². The summed E-state index contributed by atoms with van der Waals surface area (Å²) in [5, 5.41) is 3.10. The maximum Gasteiger partial charge on any atom is 0.410 e. The van der Waals surface area contributed by atoms with Gasteiger partial charge in [0, 0.05) is 29.3 Å². The van der Waals surface area contributed by atoms with Gasteiger partial charge < -0.3 is 9.64 Å². The van der Waals surface area contributed by atoms with Crippen LogP contribution < -0.4 is 0 Å². The number of hydrogen-bond donors (Lipinski definition) is 0. The molecule has 0 spiro atoms. The molecule has 1 aliphatic rings. The van der Waals surface area contributed by atoms with Gasteiger partial charge in [0.05, 0.1) is 0 Å². The van der Waals surface area contributed by atoms with Gasteiger partial charge in [-0.1, -0.05) is 12.1 Å². The van der Waals surface area contributed by atoms with Crippen LogP contribution in [0.15, 0.2) is 29.6 Å². The van der Waals surface area contributed by atoms with Gasteiger partial charge in [0.15, 0.2) is 5.78 Å². The van der Waals surface area contributed by atoms with Crippen molar-refractivity contribution in [1.29, 1.82) is 0 Å². The zero-order chi connectivity index (χ0) is 16.6. The van der Waals surface area contributed by atoms with E-state index in [1.165, 1.54) is 0 Å². The molecule has 2 aromatic rings. The van der Waals surface area contributed by atoms with Crippen molar-refractivity contribution in [2.45, 2.75) is 32.8 Å². The van der Waals surface area contributed by atoms with Gasteiger partial charge in [-0.3, -0.25) is 4.79 Å². The first-order chi connectivity index (χ1) is 10.8. The van der Waals surface area contributed by atoms with Crippen molar-refractivity contribution in [3.05, 3.63) is 35.2 Å². The molecule has 0 aliphatic carbocycles. The monoisotopic (exact) mass is 331 g/mol. The fourth-order valence-corrected chi connectivity index (χ4v) is 3.79. The van der Waals surface area contributed by atoms with Crippen LogP contribution in [0.25, 0.3) is 10.1 Å². The summed E-state index contributed by atoms with van der Waals surface area (Å²) in [5.74, 6) is -0.0145. The third-order valence-electron chi connectivity index (χ3n) is 3.96. The van der Waals surface area contributed by atoms with Crippen LogP contribution in [0.5, 0.6) is 0 Å². The fraction of sp³-hybridized carbons (Fsp3) is 0.444. The first kappa shape index (κ1) is 16.0. The molecule has 2 heterocycles. The van der Waals surface area contributed by atoms with Gasteiger partial charge in [0.1, 0.15) is 5.60 Å². The number of nitrogens with zero attached hydrogens (tertiary/aromatic N) is 1. The van der Waals surface area contributed by atoms with Gasteiger partial charge in [0.2, 0.25) is 0 Å². The molecule has 4 nitrogen and oxygen atoms in total. The largest absolute Gasteiger partial charge is 0.444 e. The topological polar surface area (TPSA) is 46.6 Å². The summed E-state index contributed by atoms with van der Waals surface area (Å²) < 4.78 is 6.43. The van der Waals surface area contributed by atoms with Crippen LogP contribution >= 0.6 is 11.3 Å². The molecular formula is C18H21NO3S. The molecule has 1 fully saturated rings. The predicted molar refractivity (Wildman–Crippen MR) is 92.1 cm³/mol. The van der Waals surface area contributed by atoms with E-state index in [0.29, 0.717) is 19.5 Å². The van der Waals surface area contributed by atoms with Crippen LogP contribution in [0.1, 0.15) is 37.6 Å². The quantitative estimate of drug-likeness (QED) is 0.769. The molecule has 1 atom stereocenters. The van der Waals surface area contributed by atoms with E-state index < -0.39 is 5.60 Å². The number of ether oxygens (including phenoxy) is 1. The van der Waals surface area contributed by atoms with E-state index >= 15 is 0 Å². The molecule has 0 N–H and O–H groups in total. The fourth-order valence-electron chi connectivity index (χ4n) is 2.87. The zero-order valence-corrected chi connectivity index (χ0v) is 14.5. The van der Waals surface area contributed by atoms with Gasteiger partial charge in [-0.2, -0.15) is 0 Å². The SMILES string of the molecule is CC(C)(C)OC(=O)N1CCC(C(=O)c2cccc3ccsc23)C1. The van der Waals surface area contributed by atoms with Crippen LogP contribution in [-0.2, 0) is 4.74 Å². The van der Waals surface area contributed by atoms with E-state index in [0.717, 1.165) is 15.6 Å². The second kappa shape index (κ2) is 5.96. The molecule has 1 unspecified atom stereocenters. The van der Waals surface area contributed by atoms with E-state index in [1.54, 1.807) is 16.2 Å². The van der Waals surface area contributed by atoms with Crippen molar-refractivity contribution in [2.24, 2.45) is 5.92 Å². The summed E-state index contributed by atoms with van der Waals surface area (Å²) in [6.07, 6.45) is 0.363. The number of carbonyl (C=O) groups excluding carboxylic acids is 2. The lowest BCUT2D eigenvalue weighted by Gasteiger charge is -2.24. The minimum absolute atomic E-state index is 0.129. The molecule has 122 valence electrons. The van der Waals surface area contributed by atoms with Gasteiger partial charge in [-0.05, 0) is 50.1 Å². The van der Waals surface area contributed by atoms with Gasteiger partial charge in [-0.25, -0.2) is 4.79 Å². The second-order valence-electron chi connectivity index (χ2n) is 6.92. The maximum atomic E-state index is 12.8. The third kappa shape index (κ3) is 3.39. The van der Waals surface area contributed by atoms with Crippen molar-refractivity contribution in [3.8, 4) is 0 Å². The molecule has 0 bridgehead atoms. The van der Waals surface area contributed by atoms with Gasteiger partial charge in [-0.15, -0.1) is 11.3 Å². The van der Waals surface area contributed by atoms with Crippen LogP contribution in [0.3, 0.4) is 0 Å². The number of Topliss-reactive ketones (excluding diaryl/α,β-unsaturated/α-hetero) is 1. The van der Waals surface area contributed by atoms with Crippen molar-refractivity contribution < 1.29 is 14.3 Å². The molecular weight excluding hydrogens is 310 g/mol. The number of ketones is 1. The minimum Gasteiger partial charge on any atom is -0.444 e. The lowest BCUT2D eigenvalue weighted by Crippen LogP contribution is -2.35. The molecule has 3 rings (SSSR count). The van der Waals surface area contributed by atoms with Crippen molar-refractivity contribution >= 4 is 33.3 Å². The summed E-state index contributed by atoms with van der Waals surface area (Å²) in [6.45, 7) is 6.56. The molecule has 0 saturated carbocycles. The molecule has 1 saturated heterocycles. The lowest BCUT2D eigenvalue weighted by molar-refractivity contribution is 0.0289. The summed E-state index contributed by atoms with van der Waals surface area (Å²) in [6, 6.07) is 7.85. The number of amides is 1. The normalized spacial score (nSPS) is 18.4. The third-order valence-corrected chi connectivity index (χ3v) is 4.92. The highest BCUT2D eigenvalue weighted by Gasteiger charge is 2.34. The summed E-state index contributed by atoms with van der Waals surface area (Å²) in [7, 11) is 0. The minimum atomic E-state index is -0.512. The highest BCUT2D eigenvalue weighted by atomic mass is 32.1. The van der Waals surface area contributed by atoms with Gasteiger partial charge in [0.25, 0.3) is 0 Å². The van der Waals surface area contributed by atoms with Crippen molar-refractivity contribution in [3.63, 3.8) is 0 Å². The van der Waals surface area contributed by atoms with E-state index in [-0.39, 0.29) is 17.8 Å². The highest BCUT2D eigenvalue weighted by Crippen LogP contribution is 2.29. The van der Waals surface area contributed by atoms with Crippen molar-refractivity contribution in [1.82, 2.24) is 4.90 Å². The number of hydrogen-bond acceptors (Lipinski definition) is 4. The Morgan fingerprint density at radius 2 is 2.04 bits per heavy atom. The highest BCUT2D eigenvalue weighted by molar-refractivity contribution is 7.17. The summed E-state index contributed by atoms with van der Waals surface area (Å²) in [5.41, 5.74) is 0.260. The standard InChI is InChI=1S/C18H21NO3S/c1-18(2,3)22-17(21)19-9-7-13(11-19)15(20)14-6-4-5-12-8-10-23-16(12)14/h4-6,8,10,13H,7,9,11H2,1-3H3. The Labute approximate surface area is 140 Å². The molecule has 5 heteroatoms. The van der Waals surface area contributed by atoms with Crippen LogP contribution in [0, 0.1) is 5.92 Å². The molecule has 1 aromatic heterocycles. The van der Waals surface area contributed by atoms with Crippen LogP contribution in [0.2, 0.25) is 0 Å². The van der Waals surface area contributed by atoms with E-state index in [4.69, 9.17) is 4.74 Å². The average molecular weight is 331 g/mol. The molecule has 23 heavy (non-hydrogen) atoms. The van der Waals surface area contributed by atoms with Crippen LogP contribution in [0.4, 0.5) is 4.79 Å². The Kier molecular flexibility index (Phi) is 4.15. The Balaban J connectivity index is 1.73. The van der Waals surface area contributed by atoms with Crippen molar-refractivity contribution in [2.75, 3.05) is 13.1 Å². The second-order valence-corrected chi connectivity index (χ2v) is 7.84. The summed E-state index contributed by atoms with van der Waals surface area (Å²) in [4.78, 5) is 26.6. The lowest BCUT2D eigenvalue weighted by atomic mass is 9.96. The van der Waals surface area contributed by atoms with Crippen LogP contribution in [-0.4, -0.2) is 35.5 Å².